The Morgan fingerprint density at radius 1 is 1.25 bits per heavy atom. The average molecular weight is 404 g/mol. The first-order chi connectivity index (χ1) is 9.69. The van der Waals surface area contributed by atoms with E-state index in [4.69, 9.17) is 4.74 Å². The van der Waals surface area contributed by atoms with Gasteiger partial charge in [0.15, 0.2) is 0 Å². The molecule has 5 heteroatoms. The quantitative estimate of drug-likeness (QED) is 0.831. The number of nitrogens with zero attached hydrogens (tertiary/aromatic N) is 1. The summed E-state index contributed by atoms with van der Waals surface area (Å²) in [5.41, 5.74) is 1.28. The van der Waals surface area contributed by atoms with Gasteiger partial charge < -0.3 is 10.1 Å². The normalized spacial score (nSPS) is 25.9. The second-order valence-corrected chi connectivity index (χ2v) is 7.32. The van der Waals surface area contributed by atoms with E-state index in [2.05, 4.69) is 54.2 Å². The SMILES string of the molecule is COc1c(Br)cc(CNC2CCN3CCCC23)cc1Br. The zero-order chi connectivity index (χ0) is 14.1. The molecular formula is C15H20Br2N2O. The van der Waals surface area contributed by atoms with Gasteiger partial charge in [0.25, 0.3) is 0 Å². The van der Waals surface area contributed by atoms with Crippen LogP contribution in [0.5, 0.6) is 5.75 Å². The van der Waals surface area contributed by atoms with Gasteiger partial charge in [-0.3, -0.25) is 4.90 Å². The molecule has 2 atom stereocenters. The predicted molar refractivity (Wildman–Crippen MR) is 88.2 cm³/mol. The van der Waals surface area contributed by atoms with E-state index in [0.717, 1.165) is 27.3 Å². The van der Waals surface area contributed by atoms with Crippen molar-refractivity contribution in [1.82, 2.24) is 10.2 Å². The molecule has 2 unspecified atom stereocenters. The first-order valence-corrected chi connectivity index (χ1v) is 8.77. The number of ether oxygens (including phenoxy) is 1. The maximum Gasteiger partial charge on any atom is 0.147 e. The highest BCUT2D eigenvalue weighted by Gasteiger charge is 2.36. The fourth-order valence-corrected chi connectivity index (χ4v) is 5.08. The van der Waals surface area contributed by atoms with Crippen molar-refractivity contribution in [2.24, 2.45) is 0 Å². The third kappa shape index (κ3) is 2.91. The Labute approximate surface area is 137 Å². The summed E-state index contributed by atoms with van der Waals surface area (Å²) in [4.78, 5) is 2.64. The second-order valence-electron chi connectivity index (χ2n) is 5.61. The van der Waals surface area contributed by atoms with E-state index >= 15 is 0 Å². The van der Waals surface area contributed by atoms with Gasteiger partial charge in [-0.15, -0.1) is 0 Å². The topological polar surface area (TPSA) is 24.5 Å². The molecule has 2 aliphatic rings. The minimum Gasteiger partial charge on any atom is -0.494 e. The van der Waals surface area contributed by atoms with Crippen LogP contribution < -0.4 is 10.1 Å². The van der Waals surface area contributed by atoms with Crippen molar-refractivity contribution in [3.8, 4) is 5.75 Å². The lowest BCUT2D eigenvalue weighted by atomic mass is 10.1. The van der Waals surface area contributed by atoms with Crippen molar-refractivity contribution < 1.29 is 4.74 Å². The standard InChI is InChI=1S/C15H20Br2N2O/c1-20-15-11(16)7-10(8-12(15)17)9-18-13-4-6-19-5-2-3-14(13)19/h7-8,13-14,18H,2-6,9H2,1H3. The summed E-state index contributed by atoms with van der Waals surface area (Å²) in [6, 6.07) is 5.69. The molecular weight excluding hydrogens is 384 g/mol. The van der Waals surface area contributed by atoms with E-state index in [1.807, 2.05) is 0 Å². The highest BCUT2D eigenvalue weighted by molar-refractivity contribution is 9.11. The Bertz CT molecular complexity index is 472. The summed E-state index contributed by atoms with van der Waals surface area (Å²) in [5, 5.41) is 3.74. The summed E-state index contributed by atoms with van der Waals surface area (Å²) < 4.78 is 7.34. The van der Waals surface area contributed by atoms with Gasteiger partial charge in [-0.05, 0) is 75.4 Å². The van der Waals surface area contributed by atoms with E-state index in [1.165, 1.54) is 37.9 Å². The van der Waals surface area contributed by atoms with Gasteiger partial charge in [0.05, 0.1) is 16.1 Å². The number of hydrogen-bond acceptors (Lipinski definition) is 3. The van der Waals surface area contributed by atoms with Crippen LogP contribution in [0.4, 0.5) is 0 Å². The van der Waals surface area contributed by atoms with Crippen LogP contribution in [-0.4, -0.2) is 37.2 Å². The van der Waals surface area contributed by atoms with Crippen LogP contribution in [0.2, 0.25) is 0 Å². The summed E-state index contributed by atoms with van der Waals surface area (Å²) >= 11 is 7.13. The van der Waals surface area contributed by atoms with Crippen molar-refractivity contribution in [3.63, 3.8) is 0 Å². The maximum atomic E-state index is 5.34. The van der Waals surface area contributed by atoms with Gasteiger partial charge >= 0.3 is 0 Å². The number of methoxy groups -OCH3 is 1. The van der Waals surface area contributed by atoms with Gasteiger partial charge in [-0.25, -0.2) is 0 Å². The minimum atomic E-state index is 0.650. The molecule has 0 bridgehead atoms. The number of nitrogens with one attached hydrogen (secondary N) is 1. The summed E-state index contributed by atoms with van der Waals surface area (Å²) in [5.74, 6) is 0.858. The number of fused-ring (bicyclic) bond motifs is 1. The van der Waals surface area contributed by atoms with Gasteiger partial charge in [-0.2, -0.15) is 0 Å². The third-order valence-corrected chi connectivity index (χ3v) is 5.61. The Balaban J connectivity index is 1.64. The molecule has 1 aromatic rings. The molecule has 0 aliphatic carbocycles. The number of benzene rings is 1. The largest absolute Gasteiger partial charge is 0.494 e. The highest BCUT2D eigenvalue weighted by atomic mass is 79.9. The first-order valence-electron chi connectivity index (χ1n) is 7.18. The molecule has 1 N–H and O–H groups in total. The lowest BCUT2D eigenvalue weighted by molar-refractivity contribution is 0.298. The van der Waals surface area contributed by atoms with Crippen LogP contribution in [0.25, 0.3) is 0 Å². The molecule has 2 saturated heterocycles. The van der Waals surface area contributed by atoms with Crippen molar-refractivity contribution in [2.75, 3.05) is 20.2 Å². The molecule has 3 rings (SSSR count). The Kier molecular flexibility index (Phi) is 4.70. The fraction of sp³-hybridized carbons (Fsp3) is 0.600. The lowest BCUT2D eigenvalue weighted by Crippen LogP contribution is -2.38. The molecule has 1 aromatic carbocycles. The van der Waals surface area contributed by atoms with Crippen LogP contribution in [-0.2, 0) is 6.54 Å². The second kappa shape index (κ2) is 6.34. The summed E-state index contributed by atoms with van der Waals surface area (Å²) in [7, 11) is 1.69. The number of halogens is 2. The molecule has 0 aromatic heterocycles. The van der Waals surface area contributed by atoms with E-state index in [9.17, 15) is 0 Å². The molecule has 0 radical (unpaired) electrons. The van der Waals surface area contributed by atoms with E-state index in [0.29, 0.717) is 6.04 Å². The molecule has 2 aliphatic heterocycles. The summed E-state index contributed by atoms with van der Waals surface area (Å²) in [6.07, 6.45) is 4.00. The van der Waals surface area contributed by atoms with E-state index in [-0.39, 0.29) is 0 Å². The highest BCUT2D eigenvalue weighted by Crippen LogP contribution is 2.34. The smallest absolute Gasteiger partial charge is 0.147 e. The maximum absolute atomic E-state index is 5.34. The summed E-state index contributed by atoms with van der Waals surface area (Å²) in [6.45, 7) is 3.47. The molecule has 110 valence electrons. The lowest BCUT2D eigenvalue weighted by Gasteiger charge is -2.21. The molecule has 0 amide bonds. The number of hydrogen-bond donors (Lipinski definition) is 1. The van der Waals surface area contributed by atoms with Crippen molar-refractivity contribution in [3.05, 3.63) is 26.6 Å². The Morgan fingerprint density at radius 2 is 2.00 bits per heavy atom. The van der Waals surface area contributed by atoms with Crippen LogP contribution >= 0.6 is 31.9 Å². The molecule has 2 heterocycles. The Hall–Kier alpha value is -0.100. The van der Waals surface area contributed by atoms with E-state index in [1.54, 1.807) is 7.11 Å². The van der Waals surface area contributed by atoms with Gasteiger partial charge in [0.1, 0.15) is 5.75 Å². The van der Waals surface area contributed by atoms with Crippen LogP contribution in [0, 0.1) is 0 Å². The van der Waals surface area contributed by atoms with Gasteiger partial charge in [-0.1, -0.05) is 0 Å². The van der Waals surface area contributed by atoms with Crippen LogP contribution in [0.1, 0.15) is 24.8 Å². The average Bonchev–Trinajstić information content (AvgIpc) is 2.99. The van der Waals surface area contributed by atoms with Crippen molar-refractivity contribution >= 4 is 31.9 Å². The number of rotatable bonds is 4. The predicted octanol–water partition coefficient (Wildman–Crippen LogP) is 3.55. The van der Waals surface area contributed by atoms with Crippen molar-refractivity contribution in [2.45, 2.75) is 37.9 Å². The van der Waals surface area contributed by atoms with Gasteiger partial charge in [0.2, 0.25) is 0 Å². The third-order valence-electron chi connectivity index (χ3n) is 4.44. The van der Waals surface area contributed by atoms with Gasteiger partial charge in [0, 0.05) is 25.2 Å². The minimum absolute atomic E-state index is 0.650. The van der Waals surface area contributed by atoms with Crippen LogP contribution in [0.3, 0.4) is 0 Å². The monoisotopic (exact) mass is 402 g/mol. The zero-order valence-electron chi connectivity index (χ0n) is 11.7. The molecule has 0 spiro atoms. The molecule has 3 nitrogen and oxygen atoms in total. The van der Waals surface area contributed by atoms with E-state index < -0.39 is 0 Å². The molecule has 20 heavy (non-hydrogen) atoms. The zero-order valence-corrected chi connectivity index (χ0v) is 14.8. The molecule has 2 fully saturated rings. The Morgan fingerprint density at radius 3 is 2.70 bits per heavy atom. The van der Waals surface area contributed by atoms with Crippen molar-refractivity contribution in [1.29, 1.82) is 0 Å². The van der Waals surface area contributed by atoms with Crippen LogP contribution in [0.15, 0.2) is 21.1 Å². The first kappa shape index (κ1) is 14.8. The molecule has 0 saturated carbocycles. The fourth-order valence-electron chi connectivity index (χ4n) is 3.48.